The third kappa shape index (κ3) is 3.82. The molecule has 5 rings (SSSR count). The van der Waals surface area contributed by atoms with Crippen molar-refractivity contribution < 1.29 is 12.6 Å². The lowest BCUT2D eigenvalue weighted by atomic mass is 9.81. The quantitative estimate of drug-likeness (QED) is 0.576. The topological polar surface area (TPSA) is 123 Å². The van der Waals surface area contributed by atoms with Crippen molar-refractivity contribution in [3.63, 3.8) is 0 Å². The first-order valence-electron chi connectivity index (χ1n) is 10.4. The second-order valence-electron chi connectivity index (χ2n) is 7.91. The molecule has 0 bridgehead atoms. The minimum Gasteiger partial charge on any atom is -0.383 e. The van der Waals surface area contributed by atoms with Crippen LogP contribution in [0.15, 0.2) is 77.2 Å². The van der Waals surface area contributed by atoms with Crippen LogP contribution in [0.2, 0.25) is 0 Å². The van der Waals surface area contributed by atoms with Gasteiger partial charge in [0.25, 0.3) is 0 Å². The van der Waals surface area contributed by atoms with Crippen molar-refractivity contribution >= 4 is 21.9 Å². The molecule has 0 spiro atoms. The molecule has 2 aliphatic heterocycles. The second-order valence-corrected chi connectivity index (χ2v) is 9.49. The lowest BCUT2D eigenvalue weighted by Gasteiger charge is -2.33. The molecular weight excluding hydrogens is 440 g/mol. The van der Waals surface area contributed by atoms with Gasteiger partial charge in [-0.2, -0.15) is 8.42 Å². The van der Waals surface area contributed by atoms with Crippen molar-refractivity contribution in [3.05, 3.63) is 78.4 Å². The van der Waals surface area contributed by atoms with Crippen LogP contribution in [0.1, 0.15) is 17.5 Å². The Balaban J connectivity index is 1.68. The zero-order chi connectivity index (χ0) is 23.1. The van der Waals surface area contributed by atoms with Crippen LogP contribution >= 0.6 is 0 Å². The Kier molecular flexibility index (Phi) is 5.09. The number of aromatic nitrogens is 2. The SMILES string of the molecule is CS(=O)(=O)Oc1ccc(C2(c3cccc(-c4cncnc4)c3)N=C(N)N3CCCN=C32)cc1. The molecule has 0 saturated heterocycles. The minimum atomic E-state index is -3.63. The summed E-state index contributed by atoms with van der Waals surface area (Å²) in [6.45, 7) is 1.41. The smallest absolute Gasteiger partial charge is 0.306 e. The van der Waals surface area contributed by atoms with E-state index in [1.807, 2.05) is 29.2 Å². The van der Waals surface area contributed by atoms with Crippen molar-refractivity contribution in [2.45, 2.75) is 12.0 Å². The van der Waals surface area contributed by atoms with Gasteiger partial charge in [0.1, 0.15) is 17.9 Å². The number of benzene rings is 2. The Morgan fingerprint density at radius 2 is 1.79 bits per heavy atom. The summed E-state index contributed by atoms with van der Waals surface area (Å²) < 4.78 is 28.1. The Morgan fingerprint density at radius 3 is 2.52 bits per heavy atom. The van der Waals surface area contributed by atoms with Gasteiger partial charge in [0.2, 0.25) is 0 Å². The standard InChI is InChI=1S/C23H22N6O3S/c1-33(30,31)32-20-8-6-18(7-9-20)23(21-27-10-3-11-29(21)22(24)28-23)19-5-2-4-16(12-19)17-13-25-15-26-14-17/h2,4-9,12-15H,3,10-11H2,1H3,(H2,24,28). The summed E-state index contributed by atoms with van der Waals surface area (Å²) in [7, 11) is -3.63. The molecular formula is C23H22N6O3S. The first kappa shape index (κ1) is 21.1. The van der Waals surface area contributed by atoms with Gasteiger partial charge in [-0.3, -0.25) is 9.89 Å². The summed E-state index contributed by atoms with van der Waals surface area (Å²) in [5.41, 5.74) is 8.90. The highest BCUT2D eigenvalue weighted by Gasteiger charge is 2.49. The van der Waals surface area contributed by atoms with Crippen LogP contribution in [0.25, 0.3) is 11.1 Å². The van der Waals surface area contributed by atoms with Crippen LogP contribution in [0, 0.1) is 0 Å². The van der Waals surface area contributed by atoms with Crippen LogP contribution < -0.4 is 9.92 Å². The first-order chi connectivity index (χ1) is 15.9. The maximum atomic E-state index is 11.5. The summed E-state index contributed by atoms with van der Waals surface area (Å²) in [5, 5.41) is 0. The number of guanidine groups is 1. The molecule has 2 N–H and O–H groups in total. The van der Waals surface area contributed by atoms with E-state index in [9.17, 15) is 8.42 Å². The van der Waals surface area contributed by atoms with Gasteiger partial charge in [-0.15, -0.1) is 0 Å². The van der Waals surface area contributed by atoms with Gasteiger partial charge in [-0.05, 0) is 41.3 Å². The first-order valence-corrected chi connectivity index (χ1v) is 12.2. The van der Waals surface area contributed by atoms with E-state index in [2.05, 4.69) is 9.97 Å². The van der Waals surface area contributed by atoms with E-state index in [1.165, 1.54) is 6.33 Å². The fraction of sp³-hybridized carbons (Fsp3) is 0.217. The van der Waals surface area contributed by atoms with Gasteiger partial charge in [0.15, 0.2) is 11.5 Å². The number of rotatable bonds is 5. The van der Waals surface area contributed by atoms with Crippen molar-refractivity contribution in [2.75, 3.05) is 19.3 Å². The molecule has 2 aromatic carbocycles. The van der Waals surface area contributed by atoms with Crippen molar-refractivity contribution in [3.8, 4) is 16.9 Å². The van der Waals surface area contributed by atoms with Gasteiger partial charge in [-0.1, -0.05) is 30.3 Å². The Bertz CT molecular complexity index is 1360. The van der Waals surface area contributed by atoms with Crippen molar-refractivity contribution in [2.24, 2.45) is 15.7 Å². The van der Waals surface area contributed by atoms with E-state index in [1.54, 1.807) is 36.7 Å². The van der Waals surface area contributed by atoms with Gasteiger partial charge < -0.3 is 9.92 Å². The Morgan fingerprint density at radius 1 is 1.03 bits per heavy atom. The summed E-state index contributed by atoms with van der Waals surface area (Å²) in [5.74, 6) is 1.38. The normalized spacial score (nSPS) is 20.1. The van der Waals surface area contributed by atoms with Crippen molar-refractivity contribution in [1.29, 1.82) is 0 Å². The molecule has 0 saturated carbocycles. The lowest BCUT2D eigenvalue weighted by molar-refractivity contribution is 0.492. The highest BCUT2D eigenvalue weighted by molar-refractivity contribution is 7.86. The Labute approximate surface area is 191 Å². The second kappa shape index (κ2) is 7.96. The van der Waals surface area contributed by atoms with E-state index in [4.69, 9.17) is 19.9 Å². The number of amidine groups is 1. The number of nitrogens with zero attached hydrogens (tertiary/aromatic N) is 5. The third-order valence-corrected chi connectivity index (χ3v) is 6.13. The van der Waals surface area contributed by atoms with Crippen LogP contribution in [0.4, 0.5) is 0 Å². The molecule has 0 amide bonds. The van der Waals surface area contributed by atoms with Crippen LogP contribution in [0.3, 0.4) is 0 Å². The van der Waals surface area contributed by atoms with Gasteiger partial charge >= 0.3 is 10.1 Å². The van der Waals surface area contributed by atoms with Crippen LogP contribution in [-0.2, 0) is 15.7 Å². The highest BCUT2D eigenvalue weighted by atomic mass is 32.2. The molecule has 168 valence electrons. The molecule has 1 aromatic heterocycles. The number of nitrogens with two attached hydrogens (primary N) is 1. The molecule has 33 heavy (non-hydrogen) atoms. The predicted octanol–water partition coefficient (Wildman–Crippen LogP) is 2.16. The molecule has 3 heterocycles. The average molecular weight is 463 g/mol. The monoisotopic (exact) mass is 462 g/mol. The van der Waals surface area contributed by atoms with Crippen LogP contribution in [0.5, 0.6) is 5.75 Å². The molecule has 3 aromatic rings. The minimum absolute atomic E-state index is 0.226. The summed E-state index contributed by atoms with van der Waals surface area (Å²) in [6, 6.07) is 14.8. The largest absolute Gasteiger partial charge is 0.383 e. The molecule has 10 heteroatoms. The maximum Gasteiger partial charge on any atom is 0.306 e. The van der Waals surface area contributed by atoms with Gasteiger partial charge in [-0.25, -0.2) is 15.0 Å². The predicted molar refractivity (Wildman–Crippen MR) is 125 cm³/mol. The number of hydrogen-bond donors (Lipinski definition) is 1. The third-order valence-electron chi connectivity index (χ3n) is 5.63. The summed E-state index contributed by atoms with van der Waals surface area (Å²) >= 11 is 0. The fourth-order valence-corrected chi connectivity index (χ4v) is 4.73. The van der Waals surface area contributed by atoms with Crippen LogP contribution in [-0.4, -0.2) is 54.4 Å². The van der Waals surface area contributed by atoms with E-state index >= 15 is 0 Å². The van der Waals surface area contributed by atoms with E-state index in [0.29, 0.717) is 12.5 Å². The van der Waals surface area contributed by atoms with E-state index in [-0.39, 0.29) is 5.75 Å². The molecule has 0 aliphatic carbocycles. The zero-order valence-corrected chi connectivity index (χ0v) is 18.7. The van der Waals surface area contributed by atoms with Gasteiger partial charge in [0, 0.05) is 31.0 Å². The number of hydrogen-bond acceptors (Lipinski definition) is 9. The lowest BCUT2D eigenvalue weighted by Crippen LogP contribution is -2.46. The summed E-state index contributed by atoms with van der Waals surface area (Å²) in [4.78, 5) is 20.0. The maximum absolute atomic E-state index is 11.5. The molecule has 2 aliphatic rings. The fourth-order valence-electron chi connectivity index (χ4n) is 4.27. The molecule has 1 unspecified atom stereocenters. The van der Waals surface area contributed by atoms with Crippen molar-refractivity contribution in [1.82, 2.24) is 14.9 Å². The number of aliphatic imine (C=N–C) groups is 2. The Hall–Kier alpha value is -3.79. The van der Waals surface area contributed by atoms with E-state index < -0.39 is 15.7 Å². The molecule has 9 nitrogen and oxygen atoms in total. The average Bonchev–Trinajstić information content (AvgIpc) is 3.13. The number of fused-ring (bicyclic) bond motifs is 1. The zero-order valence-electron chi connectivity index (χ0n) is 17.9. The molecule has 0 fully saturated rings. The van der Waals surface area contributed by atoms with E-state index in [0.717, 1.165) is 47.3 Å². The molecule has 1 atom stereocenters. The van der Waals surface area contributed by atoms with Gasteiger partial charge in [0.05, 0.1) is 6.26 Å². The highest BCUT2D eigenvalue weighted by Crippen LogP contribution is 2.42. The molecule has 0 radical (unpaired) electrons. The summed E-state index contributed by atoms with van der Waals surface area (Å²) in [6.07, 6.45) is 6.90.